The van der Waals surface area contributed by atoms with Crippen molar-refractivity contribution in [2.24, 2.45) is 0 Å². The maximum atomic E-state index is 11.7. The van der Waals surface area contributed by atoms with Crippen LogP contribution >= 0.6 is 11.3 Å². The average Bonchev–Trinajstić information content (AvgIpc) is 2.97. The molecule has 0 fully saturated rings. The average molecular weight is 341 g/mol. The molecule has 2 rings (SSSR count). The summed E-state index contributed by atoms with van der Waals surface area (Å²) in [5.41, 5.74) is 1.25. The molecule has 22 heavy (non-hydrogen) atoms. The fourth-order valence-electron chi connectivity index (χ4n) is 1.59. The lowest BCUT2D eigenvalue weighted by atomic mass is 10.2. The molecule has 0 aliphatic heterocycles. The molecule has 120 valence electrons. The highest BCUT2D eigenvalue weighted by Crippen LogP contribution is 2.10. The molecular weight excluding hydrogens is 322 g/mol. The molecular formula is C15H19NO4S2. The SMILES string of the molecule is CS(=O)(=O)O.O=C(CCNCc1ccccc1)c1cccs1. The first-order chi connectivity index (χ1) is 10.4. The van der Waals surface area contributed by atoms with E-state index in [1.807, 2.05) is 35.7 Å². The van der Waals surface area contributed by atoms with E-state index >= 15 is 0 Å². The Balaban J connectivity index is 0.000000422. The van der Waals surface area contributed by atoms with Crippen molar-refractivity contribution in [2.45, 2.75) is 13.0 Å². The zero-order chi connectivity index (χ0) is 16.4. The number of rotatable bonds is 6. The number of nitrogens with one attached hydrogen (secondary N) is 1. The lowest BCUT2D eigenvalue weighted by Gasteiger charge is -2.03. The zero-order valence-electron chi connectivity index (χ0n) is 12.2. The Labute approximate surface area is 134 Å². The minimum atomic E-state index is -3.67. The van der Waals surface area contributed by atoms with Crippen LogP contribution in [0.15, 0.2) is 47.8 Å². The van der Waals surface area contributed by atoms with E-state index < -0.39 is 10.1 Å². The van der Waals surface area contributed by atoms with Crippen LogP contribution in [0.3, 0.4) is 0 Å². The molecule has 7 heteroatoms. The Hall–Kier alpha value is -1.54. The minimum Gasteiger partial charge on any atom is -0.312 e. The van der Waals surface area contributed by atoms with E-state index in [9.17, 15) is 13.2 Å². The molecule has 0 atom stereocenters. The lowest BCUT2D eigenvalue weighted by Crippen LogP contribution is -2.17. The van der Waals surface area contributed by atoms with Gasteiger partial charge in [0.1, 0.15) is 0 Å². The predicted molar refractivity (Wildman–Crippen MR) is 88.9 cm³/mol. The molecule has 0 aliphatic carbocycles. The largest absolute Gasteiger partial charge is 0.312 e. The maximum Gasteiger partial charge on any atom is 0.261 e. The van der Waals surface area contributed by atoms with Gasteiger partial charge in [-0.25, -0.2) is 0 Å². The molecule has 2 N–H and O–H groups in total. The van der Waals surface area contributed by atoms with Gasteiger partial charge in [0.2, 0.25) is 0 Å². The lowest BCUT2D eigenvalue weighted by molar-refractivity contribution is 0.0986. The van der Waals surface area contributed by atoms with Crippen molar-refractivity contribution >= 4 is 27.2 Å². The van der Waals surface area contributed by atoms with Gasteiger partial charge in [-0.05, 0) is 17.0 Å². The number of thiophene rings is 1. The molecule has 0 amide bonds. The summed E-state index contributed by atoms with van der Waals surface area (Å²) >= 11 is 1.51. The van der Waals surface area contributed by atoms with Crippen molar-refractivity contribution in [1.82, 2.24) is 5.32 Å². The van der Waals surface area contributed by atoms with Gasteiger partial charge in [0.05, 0.1) is 11.1 Å². The fraction of sp³-hybridized carbons (Fsp3) is 0.267. The Morgan fingerprint density at radius 2 is 1.82 bits per heavy atom. The third kappa shape index (κ3) is 9.41. The quantitative estimate of drug-likeness (QED) is 0.479. The number of carbonyl (C=O) groups is 1. The molecule has 1 heterocycles. The molecule has 0 unspecified atom stereocenters. The minimum absolute atomic E-state index is 0.223. The molecule has 0 saturated heterocycles. The summed E-state index contributed by atoms with van der Waals surface area (Å²) in [7, 11) is -3.67. The van der Waals surface area contributed by atoms with Gasteiger partial charge in [0.15, 0.2) is 5.78 Å². The molecule has 0 bridgehead atoms. The number of carbonyl (C=O) groups excluding carboxylic acids is 1. The highest BCUT2D eigenvalue weighted by molar-refractivity contribution is 7.85. The predicted octanol–water partition coefficient (Wildman–Crippen LogP) is 2.61. The molecule has 1 aromatic heterocycles. The number of hydrogen-bond donors (Lipinski definition) is 2. The Morgan fingerprint density at radius 1 is 1.18 bits per heavy atom. The number of hydrogen-bond acceptors (Lipinski definition) is 5. The van der Waals surface area contributed by atoms with E-state index in [0.29, 0.717) is 12.7 Å². The van der Waals surface area contributed by atoms with E-state index in [0.717, 1.165) is 18.0 Å². The van der Waals surface area contributed by atoms with E-state index in [1.54, 1.807) is 0 Å². The van der Waals surface area contributed by atoms with Crippen LogP contribution in [0, 0.1) is 0 Å². The van der Waals surface area contributed by atoms with Gasteiger partial charge in [-0.3, -0.25) is 9.35 Å². The zero-order valence-corrected chi connectivity index (χ0v) is 13.9. The van der Waals surface area contributed by atoms with E-state index in [2.05, 4.69) is 17.4 Å². The van der Waals surface area contributed by atoms with Gasteiger partial charge < -0.3 is 5.32 Å². The summed E-state index contributed by atoms with van der Waals surface area (Å²) in [6.07, 6.45) is 1.28. The number of ketones is 1. The first-order valence-corrected chi connectivity index (χ1v) is 9.33. The molecule has 1 aromatic carbocycles. The van der Waals surface area contributed by atoms with Crippen LogP contribution in [-0.2, 0) is 16.7 Å². The van der Waals surface area contributed by atoms with Crippen molar-refractivity contribution < 1.29 is 17.8 Å². The van der Waals surface area contributed by atoms with Crippen molar-refractivity contribution in [2.75, 3.05) is 12.8 Å². The smallest absolute Gasteiger partial charge is 0.261 e. The molecule has 0 radical (unpaired) electrons. The van der Waals surface area contributed by atoms with Gasteiger partial charge >= 0.3 is 0 Å². The van der Waals surface area contributed by atoms with E-state index in [4.69, 9.17) is 4.55 Å². The Kier molecular flexibility index (Phi) is 7.97. The van der Waals surface area contributed by atoms with Gasteiger partial charge in [-0.2, -0.15) is 8.42 Å². The molecule has 0 aliphatic rings. The molecule has 2 aromatic rings. The van der Waals surface area contributed by atoms with Crippen molar-refractivity contribution in [3.8, 4) is 0 Å². The van der Waals surface area contributed by atoms with Gasteiger partial charge in [0.25, 0.3) is 10.1 Å². The van der Waals surface area contributed by atoms with Gasteiger partial charge in [-0.1, -0.05) is 36.4 Å². The number of benzene rings is 1. The summed E-state index contributed by atoms with van der Waals surface area (Å²) in [4.78, 5) is 12.5. The van der Waals surface area contributed by atoms with Gasteiger partial charge in [0, 0.05) is 19.5 Å². The Morgan fingerprint density at radius 3 is 2.36 bits per heavy atom. The summed E-state index contributed by atoms with van der Waals surface area (Å²) in [5.74, 6) is 0.223. The van der Waals surface area contributed by atoms with E-state index in [-0.39, 0.29) is 5.78 Å². The van der Waals surface area contributed by atoms with E-state index in [1.165, 1.54) is 16.9 Å². The summed E-state index contributed by atoms with van der Waals surface area (Å²) in [5, 5.41) is 5.21. The van der Waals surface area contributed by atoms with Crippen molar-refractivity contribution in [3.63, 3.8) is 0 Å². The second-order valence-electron chi connectivity index (χ2n) is 4.55. The van der Waals surface area contributed by atoms with Crippen LogP contribution in [0.4, 0.5) is 0 Å². The van der Waals surface area contributed by atoms with Crippen LogP contribution in [0.1, 0.15) is 21.7 Å². The van der Waals surface area contributed by atoms with Crippen molar-refractivity contribution in [1.29, 1.82) is 0 Å². The first kappa shape index (κ1) is 18.5. The van der Waals surface area contributed by atoms with Crippen LogP contribution in [0.2, 0.25) is 0 Å². The Bertz CT molecular complexity index is 644. The van der Waals surface area contributed by atoms with Crippen LogP contribution in [0.25, 0.3) is 0 Å². The van der Waals surface area contributed by atoms with Crippen molar-refractivity contribution in [3.05, 3.63) is 58.3 Å². The highest BCUT2D eigenvalue weighted by atomic mass is 32.2. The third-order valence-corrected chi connectivity index (χ3v) is 3.41. The van der Waals surface area contributed by atoms with Gasteiger partial charge in [-0.15, -0.1) is 11.3 Å². The maximum absolute atomic E-state index is 11.7. The summed E-state index contributed by atoms with van der Waals surface area (Å²) < 4.78 is 25.9. The van der Waals surface area contributed by atoms with Crippen LogP contribution in [0.5, 0.6) is 0 Å². The summed E-state index contributed by atoms with van der Waals surface area (Å²) in [6, 6.07) is 14.0. The molecule has 0 saturated carbocycles. The normalized spacial score (nSPS) is 10.6. The highest BCUT2D eigenvalue weighted by Gasteiger charge is 2.05. The summed E-state index contributed by atoms with van der Waals surface area (Å²) in [6.45, 7) is 1.55. The second kappa shape index (κ2) is 9.47. The monoisotopic (exact) mass is 341 g/mol. The van der Waals surface area contributed by atoms with Crippen LogP contribution < -0.4 is 5.32 Å². The second-order valence-corrected chi connectivity index (χ2v) is 6.96. The first-order valence-electron chi connectivity index (χ1n) is 6.60. The van der Waals surface area contributed by atoms with Crippen LogP contribution in [-0.4, -0.2) is 31.6 Å². The fourth-order valence-corrected chi connectivity index (χ4v) is 2.29. The third-order valence-electron chi connectivity index (χ3n) is 2.50. The molecule has 5 nitrogen and oxygen atoms in total. The molecule has 0 spiro atoms. The standard InChI is InChI=1S/C14H15NOS.CH4O3S/c16-13(14-7-4-10-17-14)8-9-15-11-12-5-2-1-3-6-12;1-5(2,3)4/h1-7,10,15H,8-9,11H2;1H3,(H,2,3,4). The topological polar surface area (TPSA) is 83.5 Å². The number of Topliss-reactive ketones (excluding diaryl/α,β-unsaturated/α-hetero) is 1.